The fourth-order valence-electron chi connectivity index (χ4n) is 2.01. The number of urea groups is 1. The highest BCUT2D eigenvalue weighted by Crippen LogP contribution is 2.10. The van der Waals surface area contributed by atoms with Crippen LogP contribution in [0.3, 0.4) is 0 Å². The maximum absolute atomic E-state index is 11.8. The molecular weight excluding hydrogens is 268 g/mol. The van der Waals surface area contributed by atoms with Crippen LogP contribution in [-0.4, -0.2) is 30.4 Å². The van der Waals surface area contributed by atoms with E-state index < -0.39 is 0 Å². The molecule has 2 amide bonds. The van der Waals surface area contributed by atoms with Crippen molar-refractivity contribution in [1.82, 2.24) is 5.32 Å². The van der Waals surface area contributed by atoms with Gasteiger partial charge in [0.25, 0.3) is 0 Å². The summed E-state index contributed by atoms with van der Waals surface area (Å²) in [5.41, 5.74) is 1.82. The Bertz CT molecular complexity index is 418. The number of carbonyl (C=O) groups excluding carboxylic acids is 1. The molecule has 0 spiro atoms. The highest BCUT2D eigenvalue weighted by Gasteiger charge is 2.08. The van der Waals surface area contributed by atoms with Crippen molar-refractivity contribution in [3.8, 4) is 0 Å². The molecule has 0 aliphatic rings. The van der Waals surface area contributed by atoms with E-state index in [0.29, 0.717) is 26.2 Å². The van der Waals surface area contributed by atoms with Crippen molar-refractivity contribution < 1.29 is 14.6 Å². The van der Waals surface area contributed by atoms with E-state index in [2.05, 4.69) is 10.6 Å². The van der Waals surface area contributed by atoms with Crippen molar-refractivity contribution in [2.24, 2.45) is 5.92 Å². The number of aliphatic hydroxyl groups is 1. The summed E-state index contributed by atoms with van der Waals surface area (Å²) in [6, 6.07) is 7.34. The molecule has 3 N–H and O–H groups in total. The normalized spacial score (nSPS) is 13.5. The minimum absolute atomic E-state index is 0.231. The van der Waals surface area contributed by atoms with Crippen molar-refractivity contribution in [1.29, 1.82) is 0 Å². The van der Waals surface area contributed by atoms with E-state index >= 15 is 0 Å². The zero-order valence-electron chi connectivity index (χ0n) is 13.1. The SMILES string of the molecule is CCOCc1ccc(NC(=O)NCC(C)CC(C)O)cc1. The monoisotopic (exact) mass is 294 g/mol. The third kappa shape index (κ3) is 7.68. The Morgan fingerprint density at radius 1 is 1.29 bits per heavy atom. The van der Waals surface area contributed by atoms with Gasteiger partial charge in [-0.05, 0) is 43.9 Å². The standard InChI is InChI=1S/C16H26N2O3/c1-4-21-11-14-5-7-15(8-6-14)18-16(20)17-10-12(2)9-13(3)19/h5-8,12-13,19H,4,9-11H2,1-3H3,(H2,17,18,20). The first-order valence-corrected chi connectivity index (χ1v) is 7.40. The Hall–Kier alpha value is -1.59. The quantitative estimate of drug-likeness (QED) is 0.690. The highest BCUT2D eigenvalue weighted by molar-refractivity contribution is 5.89. The minimum Gasteiger partial charge on any atom is -0.393 e. The number of benzene rings is 1. The summed E-state index contributed by atoms with van der Waals surface area (Å²) in [6.07, 6.45) is 0.328. The molecule has 118 valence electrons. The lowest BCUT2D eigenvalue weighted by Crippen LogP contribution is -2.33. The minimum atomic E-state index is -0.345. The van der Waals surface area contributed by atoms with Crippen molar-refractivity contribution >= 4 is 11.7 Å². The topological polar surface area (TPSA) is 70.6 Å². The molecule has 2 unspecified atom stereocenters. The average Bonchev–Trinajstić information content (AvgIpc) is 2.44. The van der Waals surface area contributed by atoms with Gasteiger partial charge in [-0.15, -0.1) is 0 Å². The number of hydrogen-bond acceptors (Lipinski definition) is 3. The van der Waals surface area contributed by atoms with E-state index in [-0.39, 0.29) is 18.1 Å². The second-order valence-corrected chi connectivity index (χ2v) is 5.36. The number of hydrogen-bond donors (Lipinski definition) is 3. The molecular formula is C16H26N2O3. The van der Waals surface area contributed by atoms with Crippen LogP contribution >= 0.6 is 0 Å². The molecule has 0 heterocycles. The van der Waals surface area contributed by atoms with Gasteiger partial charge in [0.1, 0.15) is 0 Å². The van der Waals surface area contributed by atoms with Gasteiger partial charge >= 0.3 is 6.03 Å². The van der Waals surface area contributed by atoms with Crippen molar-refractivity contribution in [3.05, 3.63) is 29.8 Å². The van der Waals surface area contributed by atoms with Gasteiger partial charge in [0.15, 0.2) is 0 Å². The summed E-state index contributed by atoms with van der Waals surface area (Å²) in [4.78, 5) is 11.8. The lowest BCUT2D eigenvalue weighted by Gasteiger charge is -2.14. The number of amides is 2. The number of rotatable bonds is 8. The van der Waals surface area contributed by atoms with Crippen LogP contribution in [-0.2, 0) is 11.3 Å². The predicted molar refractivity (Wildman–Crippen MR) is 84.3 cm³/mol. The maximum Gasteiger partial charge on any atom is 0.319 e. The Morgan fingerprint density at radius 3 is 2.52 bits per heavy atom. The third-order valence-corrected chi connectivity index (χ3v) is 3.04. The van der Waals surface area contributed by atoms with Crippen LogP contribution in [0, 0.1) is 5.92 Å². The van der Waals surface area contributed by atoms with Crippen LogP contribution in [0.4, 0.5) is 10.5 Å². The van der Waals surface area contributed by atoms with Crippen LogP contribution < -0.4 is 10.6 Å². The molecule has 5 nitrogen and oxygen atoms in total. The number of ether oxygens (including phenoxy) is 1. The smallest absolute Gasteiger partial charge is 0.319 e. The highest BCUT2D eigenvalue weighted by atomic mass is 16.5. The van der Waals surface area contributed by atoms with E-state index in [1.54, 1.807) is 6.92 Å². The molecule has 0 fully saturated rings. The fraction of sp³-hybridized carbons (Fsp3) is 0.562. The average molecular weight is 294 g/mol. The third-order valence-electron chi connectivity index (χ3n) is 3.04. The van der Waals surface area contributed by atoms with Gasteiger partial charge in [-0.1, -0.05) is 19.1 Å². The summed E-state index contributed by atoms with van der Waals surface area (Å²) in [7, 11) is 0. The van der Waals surface area contributed by atoms with Crippen molar-refractivity contribution in [3.63, 3.8) is 0 Å². The number of aliphatic hydroxyl groups excluding tert-OH is 1. The molecule has 5 heteroatoms. The van der Waals surface area contributed by atoms with Gasteiger partial charge in [-0.3, -0.25) is 0 Å². The molecule has 0 aliphatic heterocycles. The number of carbonyl (C=O) groups is 1. The first kappa shape index (κ1) is 17.5. The number of nitrogens with one attached hydrogen (secondary N) is 2. The van der Waals surface area contributed by atoms with E-state index in [9.17, 15) is 9.90 Å². The molecule has 0 saturated heterocycles. The first-order valence-electron chi connectivity index (χ1n) is 7.40. The van der Waals surface area contributed by atoms with Gasteiger partial charge in [0, 0.05) is 18.8 Å². The van der Waals surface area contributed by atoms with Gasteiger partial charge in [-0.25, -0.2) is 4.79 Å². The van der Waals surface area contributed by atoms with Crippen LogP contribution in [0.25, 0.3) is 0 Å². The maximum atomic E-state index is 11.8. The van der Waals surface area contributed by atoms with E-state index in [1.165, 1.54) is 0 Å². The summed E-state index contributed by atoms with van der Waals surface area (Å²) in [6.45, 7) is 7.51. The molecule has 0 bridgehead atoms. The van der Waals surface area contributed by atoms with Gasteiger partial charge in [0.2, 0.25) is 0 Å². The van der Waals surface area contributed by atoms with E-state index in [1.807, 2.05) is 38.1 Å². The Labute approximate surface area is 126 Å². The zero-order valence-corrected chi connectivity index (χ0v) is 13.1. The van der Waals surface area contributed by atoms with Crippen LogP contribution in [0.2, 0.25) is 0 Å². The summed E-state index contributed by atoms with van der Waals surface area (Å²) in [5, 5.41) is 14.9. The van der Waals surface area contributed by atoms with E-state index in [4.69, 9.17) is 4.74 Å². The van der Waals surface area contributed by atoms with Crippen LogP contribution in [0.1, 0.15) is 32.8 Å². The van der Waals surface area contributed by atoms with Crippen molar-refractivity contribution in [2.45, 2.75) is 39.9 Å². The van der Waals surface area contributed by atoms with Crippen LogP contribution in [0.15, 0.2) is 24.3 Å². The van der Waals surface area contributed by atoms with Crippen LogP contribution in [0.5, 0.6) is 0 Å². The second-order valence-electron chi connectivity index (χ2n) is 5.36. The van der Waals surface area contributed by atoms with Gasteiger partial charge in [-0.2, -0.15) is 0 Å². The molecule has 21 heavy (non-hydrogen) atoms. The zero-order chi connectivity index (χ0) is 15.7. The lowest BCUT2D eigenvalue weighted by molar-refractivity contribution is 0.134. The Balaban J connectivity index is 2.34. The summed E-state index contributed by atoms with van der Waals surface area (Å²) < 4.78 is 5.32. The molecule has 1 aromatic carbocycles. The molecule has 0 aromatic heterocycles. The fourth-order valence-corrected chi connectivity index (χ4v) is 2.01. The van der Waals surface area contributed by atoms with Gasteiger partial charge < -0.3 is 20.5 Å². The summed E-state index contributed by atoms with van der Waals surface area (Å²) in [5.74, 6) is 0.240. The largest absolute Gasteiger partial charge is 0.393 e. The molecule has 2 atom stereocenters. The summed E-state index contributed by atoms with van der Waals surface area (Å²) >= 11 is 0. The molecule has 0 radical (unpaired) electrons. The molecule has 0 saturated carbocycles. The second kappa shape index (κ2) is 9.37. The Kier molecular flexibility index (Phi) is 7.79. The molecule has 0 aliphatic carbocycles. The molecule has 1 rings (SSSR count). The van der Waals surface area contributed by atoms with Crippen molar-refractivity contribution in [2.75, 3.05) is 18.5 Å². The molecule has 1 aromatic rings. The van der Waals surface area contributed by atoms with E-state index in [0.717, 1.165) is 11.3 Å². The Morgan fingerprint density at radius 2 is 1.95 bits per heavy atom. The lowest BCUT2D eigenvalue weighted by atomic mass is 10.1. The first-order chi connectivity index (χ1) is 10.0. The predicted octanol–water partition coefficient (Wildman–Crippen LogP) is 2.75. The number of anilines is 1. The van der Waals surface area contributed by atoms with Gasteiger partial charge in [0.05, 0.1) is 12.7 Å².